The van der Waals surface area contributed by atoms with E-state index >= 15 is 0 Å². The zero-order chi connectivity index (χ0) is 13.1. The van der Waals surface area contributed by atoms with Gasteiger partial charge in [0.1, 0.15) is 0 Å². The molecule has 0 radical (unpaired) electrons. The van der Waals surface area contributed by atoms with Crippen molar-refractivity contribution < 1.29 is 13.0 Å². The molecule has 0 saturated heterocycles. The van der Waals surface area contributed by atoms with E-state index in [1.807, 2.05) is 0 Å². The summed E-state index contributed by atoms with van der Waals surface area (Å²) in [5.74, 6) is 0. The number of hydrogen-bond donors (Lipinski definition) is 0. The monoisotopic (exact) mass is 350 g/mol. The zero-order valence-corrected chi connectivity index (χ0v) is 14.5. The van der Waals surface area contributed by atoms with E-state index in [9.17, 15) is 10.0 Å². The molecule has 5 heteroatoms. The first-order valence-electron chi connectivity index (χ1n) is 7.09. The van der Waals surface area contributed by atoms with Gasteiger partial charge in [0, 0.05) is 0 Å². The zero-order valence-electron chi connectivity index (χ0n) is 11.7. The van der Waals surface area contributed by atoms with Gasteiger partial charge in [-0.05, 0) is 0 Å². The van der Waals surface area contributed by atoms with Crippen LogP contribution in [0.1, 0.15) is 59.3 Å². The van der Waals surface area contributed by atoms with Gasteiger partial charge in [-0.2, -0.15) is 0 Å². The fourth-order valence-corrected chi connectivity index (χ4v) is 15.1. The summed E-state index contributed by atoms with van der Waals surface area (Å²) in [6, 6.07) is 0. The molecule has 0 aliphatic heterocycles. The van der Waals surface area contributed by atoms with E-state index in [4.69, 9.17) is 2.99 Å². The van der Waals surface area contributed by atoms with Crippen molar-refractivity contribution in [3.05, 3.63) is 0 Å². The molecule has 0 N–H and O–H groups in total. The van der Waals surface area contributed by atoms with Crippen LogP contribution in [0.3, 0.4) is 0 Å². The van der Waals surface area contributed by atoms with Crippen LogP contribution in [0.15, 0.2) is 0 Å². The fraction of sp³-hybridized carbons (Fsp3) is 1.00. The van der Waals surface area contributed by atoms with Gasteiger partial charge in [0.05, 0.1) is 0 Å². The van der Waals surface area contributed by atoms with Gasteiger partial charge in [-0.15, -0.1) is 0 Å². The Morgan fingerprint density at radius 2 is 1.18 bits per heavy atom. The molecular formula is C12H27BO3Sn-2. The predicted molar refractivity (Wildman–Crippen MR) is 71.7 cm³/mol. The molecule has 102 valence electrons. The van der Waals surface area contributed by atoms with E-state index < -0.39 is 26.1 Å². The Morgan fingerprint density at radius 1 is 0.824 bits per heavy atom. The molecule has 0 spiro atoms. The van der Waals surface area contributed by atoms with Crippen LogP contribution in [0.5, 0.6) is 0 Å². The molecule has 0 saturated carbocycles. The summed E-state index contributed by atoms with van der Waals surface area (Å²) < 4.78 is 8.63. The first-order valence-corrected chi connectivity index (χ1v) is 14.3. The molecule has 0 bridgehead atoms. The van der Waals surface area contributed by atoms with Crippen molar-refractivity contribution in [2.75, 3.05) is 0 Å². The molecular weight excluding hydrogens is 322 g/mol. The van der Waals surface area contributed by atoms with Gasteiger partial charge in [0.15, 0.2) is 0 Å². The molecule has 0 atom stereocenters. The van der Waals surface area contributed by atoms with E-state index in [0.717, 1.165) is 51.8 Å². The van der Waals surface area contributed by atoms with Crippen LogP contribution in [0.4, 0.5) is 0 Å². The topological polar surface area (TPSA) is 55.3 Å². The van der Waals surface area contributed by atoms with Crippen LogP contribution >= 0.6 is 0 Å². The molecule has 0 aromatic rings. The van der Waals surface area contributed by atoms with Crippen molar-refractivity contribution >= 4 is 26.1 Å². The minimum atomic E-state index is -2.86. The van der Waals surface area contributed by atoms with Gasteiger partial charge in [0.2, 0.25) is 0 Å². The summed E-state index contributed by atoms with van der Waals surface area (Å²) in [5.41, 5.74) is 0. The normalized spacial score (nSPS) is 11.8. The molecule has 0 fully saturated rings. The molecule has 0 amide bonds. The summed E-state index contributed by atoms with van der Waals surface area (Å²) >= 11 is -2.86. The summed E-state index contributed by atoms with van der Waals surface area (Å²) in [4.78, 5) is 0. The minimum absolute atomic E-state index is 1.06. The van der Waals surface area contributed by atoms with Crippen LogP contribution in [-0.4, -0.2) is 26.1 Å². The average Bonchev–Trinajstić information content (AvgIpc) is 2.30. The maximum atomic E-state index is 10.9. The second kappa shape index (κ2) is 10.6. The average molecular weight is 349 g/mol. The molecule has 0 rings (SSSR count). The molecule has 0 aliphatic rings. The van der Waals surface area contributed by atoms with Crippen LogP contribution in [0, 0.1) is 0 Å². The van der Waals surface area contributed by atoms with Crippen LogP contribution in [-0.2, 0) is 2.99 Å². The summed E-state index contributed by atoms with van der Waals surface area (Å²) in [5, 5.41) is 21.8. The van der Waals surface area contributed by atoms with Crippen molar-refractivity contribution in [2.45, 2.75) is 72.6 Å². The van der Waals surface area contributed by atoms with Gasteiger partial charge in [-0.25, -0.2) is 0 Å². The third-order valence-corrected chi connectivity index (χ3v) is 16.1. The molecule has 0 aliphatic carbocycles. The van der Waals surface area contributed by atoms with E-state index in [0.29, 0.717) is 0 Å². The fourth-order valence-electron chi connectivity index (χ4n) is 2.25. The second-order valence-electron chi connectivity index (χ2n) is 4.90. The molecule has 0 aromatic carbocycles. The van der Waals surface area contributed by atoms with Crippen molar-refractivity contribution in [1.82, 2.24) is 0 Å². The predicted octanol–water partition coefficient (Wildman–Crippen LogP) is 2.05. The second-order valence-corrected chi connectivity index (χ2v) is 16.6. The molecule has 17 heavy (non-hydrogen) atoms. The van der Waals surface area contributed by atoms with Gasteiger partial charge in [-0.3, -0.25) is 0 Å². The Kier molecular flexibility index (Phi) is 11.1. The van der Waals surface area contributed by atoms with E-state index in [-0.39, 0.29) is 0 Å². The van der Waals surface area contributed by atoms with Crippen LogP contribution in [0.2, 0.25) is 13.3 Å². The van der Waals surface area contributed by atoms with Gasteiger partial charge < -0.3 is 0 Å². The number of hydrogen-bond acceptors (Lipinski definition) is 3. The van der Waals surface area contributed by atoms with E-state index in [1.165, 1.54) is 0 Å². The molecule has 3 nitrogen and oxygen atoms in total. The molecule has 0 heterocycles. The summed E-state index contributed by atoms with van der Waals surface area (Å²) in [6.07, 6.45) is 6.75. The van der Waals surface area contributed by atoms with Gasteiger partial charge >= 0.3 is 112 Å². The van der Waals surface area contributed by atoms with Crippen molar-refractivity contribution in [3.63, 3.8) is 0 Å². The third kappa shape index (κ3) is 8.46. The number of unbranched alkanes of at least 4 members (excludes halogenated alkanes) is 3. The van der Waals surface area contributed by atoms with Gasteiger partial charge in [-0.1, -0.05) is 0 Å². The SMILES string of the molecule is CCC[CH2][Sn]([CH2]CCC)([CH2]CCC)[O]B([O-])[O-]. The van der Waals surface area contributed by atoms with Crippen LogP contribution < -0.4 is 10.0 Å². The summed E-state index contributed by atoms with van der Waals surface area (Å²) in [7, 11) is -2.05. The van der Waals surface area contributed by atoms with E-state index in [1.54, 1.807) is 0 Å². The number of rotatable bonds is 11. The first kappa shape index (κ1) is 17.7. The Bertz CT molecular complexity index is 157. The summed E-state index contributed by atoms with van der Waals surface area (Å²) in [6.45, 7) is 6.46. The maximum absolute atomic E-state index is 10.9. The molecule has 0 unspecified atom stereocenters. The quantitative estimate of drug-likeness (QED) is 0.537. The Hall–Kier alpha value is 0.744. The van der Waals surface area contributed by atoms with Crippen molar-refractivity contribution in [3.8, 4) is 0 Å². The Labute approximate surface area is 112 Å². The Morgan fingerprint density at radius 3 is 1.41 bits per heavy atom. The van der Waals surface area contributed by atoms with Crippen molar-refractivity contribution in [1.29, 1.82) is 0 Å². The van der Waals surface area contributed by atoms with Crippen molar-refractivity contribution in [2.24, 2.45) is 0 Å². The van der Waals surface area contributed by atoms with Gasteiger partial charge in [0.25, 0.3) is 0 Å². The molecule has 0 aromatic heterocycles. The Balaban J connectivity index is 4.51. The van der Waals surface area contributed by atoms with E-state index in [2.05, 4.69) is 20.8 Å². The first-order chi connectivity index (χ1) is 8.10. The standard InChI is InChI=1S/3C4H9.BO3.Sn/c3*1-3-4-2;2-1(3)4;/h3*1,3-4H2,2H3;;/q;;;-3;+1. The van der Waals surface area contributed by atoms with Crippen LogP contribution in [0.25, 0.3) is 0 Å². The third-order valence-electron chi connectivity index (χ3n) is 3.30.